The van der Waals surface area contributed by atoms with Gasteiger partial charge in [0.2, 0.25) is 0 Å². The molecule has 0 spiro atoms. The lowest BCUT2D eigenvalue weighted by Gasteiger charge is -2.19. The molecule has 2 aromatic carbocycles. The number of carbonyl (C=O) groups is 1. The van der Waals surface area contributed by atoms with Crippen LogP contribution in [0.2, 0.25) is 0 Å². The van der Waals surface area contributed by atoms with Crippen molar-refractivity contribution >= 4 is 5.91 Å². The fraction of sp³-hybridized carbons (Fsp3) is 0.300. The first-order valence-corrected chi connectivity index (χ1v) is 8.17. The van der Waals surface area contributed by atoms with Gasteiger partial charge in [0.1, 0.15) is 18.4 Å². The molecule has 130 valence electrons. The van der Waals surface area contributed by atoms with E-state index in [-0.39, 0.29) is 31.1 Å². The lowest BCUT2D eigenvalue weighted by Crippen LogP contribution is -2.38. The van der Waals surface area contributed by atoms with E-state index in [0.29, 0.717) is 16.9 Å². The number of hydrogen-bond donors (Lipinski definition) is 2. The number of nitrogens with zero attached hydrogens (tertiary/aromatic N) is 1. The Labute approximate surface area is 147 Å². The zero-order valence-corrected chi connectivity index (χ0v) is 14.4. The SMILES string of the molecule is CC(CO)C(C)NC(=O)c1cccc(COc2ccccc2C#N)c1. The summed E-state index contributed by atoms with van der Waals surface area (Å²) in [4.78, 5) is 12.3. The third-order valence-electron chi connectivity index (χ3n) is 4.09. The Hall–Kier alpha value is -2.84. The molecule has 5 heteroatoms. The summed E-state index contributed by atoms with van der Waals surface area (Å²) in [5.41, 5.74) is 1.85. The molecular formula is C20H22N2O3. The summed E-state index contributed by atoms with van der Waals surface area (Å²) in [7, 11) is 0. The van der Waals surface area contributed by atoms with E-state index in [9.17, 15) is 4.79 Å². The van der Waals surface area contributed by atoms with Crippen molar-refractivity contribution in [2.75, 3.05) is 6.61 Å². The van der Waals surface area contributed by atoms with Crippen LogP contribution in [0.1, 0.15) is 35.3 Å². The average Bonchev–Trinajstić information content (AvgIpc) is 2.65. The Morgan fingerprint density at radius 1 is 1.24 bits per heavy atom. The van der Waals surface area contributed by atoms with E-state index < -0.39 is 0 Å². The first-order chi connectivity index (χ1) is 12.0. The molecule has 0 fully saturated rings. The maximum atomic E-state index is 12.3. The molecule has 5 nitrogen and oxygen atoms in total. The average molecular weight is 338 g/mol. The Balaban J connectivity index is 2.03. The fourth-order valence-electron chi connectivity index (χ4n) is 2.24. The van der Waals surface area contributed by atoms with Crippen molar-refractivity contribution in [2.45, 2.75) is 26.5 Å². The molecule has 0 aromatic heterocycles. The largest absolute Gasteiger partial charge is 0.488 e. The van der Waals surface area contributed by atoms with Crippen LogP contribution in [0.5, 0.6) is 5.75 Å². The van der Waals surface area contributed by atoms with Crippen molar-refractivity contribution in [3.8, 4) is 11.8 Å². The van der Waals surface area contributed by atoms with E-state index in [1.807, 2.05) is 26.0 Å². The number of para-hydroxylation sites is 1. The minimum Gasteiger partial charge on any atom is -0.488 e. The number of ether oxygens (including phenoxy) is 1. The van der Waals surface area contributed by atoms with Gasteiger partial charge in [0, 0.05) is 18.2 Å². The van der Waals surface area contributed by atoms with Gasteiger partial charge in [0.15, 0.2) is 0 Å². The highest BCUT2D eigenvalue weighted by Gasteiger charge is 2.15. The number of carbonyl (C=O) groups excluding carboxylic acids is 1. The van der Waals surface area contributed by atoms with Crippen LogP contribution in [0.3, 0.4) is 0 Å². The molecule has 0 aliphatic heterocycles. The highest BCUT2D eigenvalue weighted by Crippen LogP contribution is 2.18. The van der Waals surface area contributed by atoms with Crippen LogP contribution >= 0.6 is 0 Å². The molecule has 0 bridgehead atoms. The van der Waals surface area contributed by atoms with E-state index >= 15 is 0 Å². The van der Waals surface area contributed by atoms with Crippen LogP contribution in [0.25, 0.3) is 0 Å². The number of aliphatic hydroxyl groups is 1. The molecule has 2 rings (SSSR count). The summed E-state index contributed by atoms with van der Waals surface area (Å²) in [5, 5.41) is 21.1. The molecular weight excluding hydrogens is 316 g/mol. The number of amides is 1. The maximum absolute atomic E-state index is 12.3. The van der Waals surface area contributed by atoms with Crippen molar-refractivity contribution in [1.29, 1.82) is 5.26 Å². The van der Waals surface area contributed by atoms with E-state index in [2.05, 4.69) is 11.4 Å². The molecule has 2 unspecified atom stereocenters. The van der Waals surface area contributed by atoms with Crippen molar-refractivity contribution in [1.82, 2.24) is 5.32 Å². The highest BCUT2D eigenvalue weighted by atomic mass is 16.5. The third kappa shape index (κ3) is 5.07. The molecule has 25 heavy (non-hydrogen) atoms. The number of benzene rings is 2. The van der Waals surface area contributed by atoms with Crippen LogP contribution in [-0.4, -0.2) is 23.7 Å². The topological polar surface area (TPSA) is 82.3 Å². The summed E-state index contributed by atoms with van der Waals surface area (Å²) in [6.07, 6.45) is 0. The molecule has 0 saturated carbocycles. The fourth-order valence-corrected chi connectivity index (χ4v) is 2.24. The summed E-state index contributed by atoms with van der Waals surface area (Å²) < 4.78 is 5.70. The predicted octanol–water partition coefficient (Wildman–Crippen LogP) is 2.88. The minimum atomic E-state index is -0.188. The second-order valence-electron chi connectivity index (χ2n) is 6.02. The molecule has 2 aromatic rings. The van der Waals surface area contributed by atoms with Gasteiger partial charge in [-0.3, -0.25) is 4.79 Å². The van der Waals surface area contributed by atoms with Crippen molar-refractivity contribution in [3.05, 3.63) is 65.2 Å². The van der Waals surface area contributed by atoms with Gasteiger partial charge in [-0.1, -0.05) is 31.2 Å². The van der Waals surface area contributed by atoms with Gasteiger partial charge >= 0.3 is 0 Å². The van der Waals surface area contributed by atoms with Gasteiger partial charge in [0.25, 0.3) is 5.91 Å². The summed E-state index contributed by atoms with van der Waals surface area (Å²) >= 11 is 0. The lowest BCUT2D eigenvalue weighted by molar-refractivity contribution is 0.0916. The normalized spacial score (nSPS) is 12.7. The monoisotopic (exact) mass is 338 g/mol. The van der Waals surface area contributed by atoms with Gasteiger partial charge < -0.3 is 15.2 Å². The standard InChI is InChI=1S/C20H22N2O3/c1-14(12-23)15(2)22-20(24)17-8-5-6-16(10-17)13-25-19-9-4-3-7-18(19)11-21/h3-10,14-15,23H,12-13H2,1-2H3,(H,22,24). The van der Waals surface area contributed by atoms with Crippen LogP contribution in [-0.2, 0) is 6.61 Å². The second kappa shape index (κ2) is 8.86. The summed E-state index contributed by atoms with van der Waals surface area (Å²) in [5.74, 6) is 0.315. The van der Waals surface area contributed by atoms with Crippen LogP contribution < -0.4 is 10.1 Å². The van der Waals surface area contributed by atoms with E-state index in [1.165, 1.54) is 0 Å². The molecule has 0 aliphatic carbocycles. The highest BCUT2D eigenvalue weighted by molar-refractivity contribution is 5.94. The van der Waals surface area contributed by atoms with E-state index in [0.717, 1.165) is 5.56 Å². The molecule has 2 atom stereocenters. The number of aliphatic hydroxyl groups excluding tert-OH is 1. The summed E-state index contributed by atoms with van der Waals surface area (Å²) in [6.45, 7) is 4.03. The zero-order valence-electron chi connectivity index (χ0n) is 14.4. The molecule has 0 radical (unpaired) electrons. The third-order valence-corrected chi connectivity index (χ3v) is 4.09. The molecule has 0 heterocycles. The molecule has 1 amide bonds. The summed E-state index contributed by atoms with van der Waals surface area (Å²) in [6, 6.07) is 16.2. The van der Waals surface area contributed by atoms with Gasteiger partial charge in [0.05, 0.1) is 5.56 Å². The van der Waals surface area contributed by atoms with Crippen molar-refractivity contribution in [3.63, 3.8) is 0 Å². The van der Waals surface area contributed by atoms with Crippen LogP contribution in [0, 0.1) is 17.2 Å². The first kappa shape index (κ1) is 18.5. The maximum Gasteiger partial charge on any atom is 0.251 e. The minimum absolute atomic E-state index is 0.0158. The van der Waals surface area contributed by atoms with Crippen molar-refractivity contribution < 1.29 is 14.6 Å². The zero-order chi connectivity index (χ0) is 18.2. The molecule has 2 N–H and O–H groups in total. The van der Waals surface area contributed by atoms with E-state index in [4.69, 9.17) is 15.1 Å². The second-order valence-corrected chi connectivity index (χ2v) is 6.02. The molecule has 0 aliphatic rings. The van der Waals surface area contributed by atoms with Crippen molar-refractivity contribution in [2.24, 2.45) is 5.92 Å². The molecule has 0 saturated heterocycles. The quantitative estimate of drug-likeness (QED) is 0.813. The number of rotatable bonds is 7. The Morgan fingerprint density at radius 3 is 2.72 bits per heavy atom. The predicted molar refractivity (Wildman–Crippen MR) is 95.1 cm³/mol. The van der Waals surface area contributed by atoms with Gasteiger partial charge in [-0.05, 0) is 42.7 Å². The Morgan fingerprint density at radius 2 is 2.00 bits per heavy atom. The van der Waals surface area contributed by atoms with Gasteiger partial charge in [-0.15, -0.1) is 0 Å². The smallest absolute Gasteiger partial charge is 0.251 e. The van der Waals surface area contributed by atoms with Gasteiger partial charge in [-0.2, -0.15) is 5.26 Å². The first-order valence-electron chi connectivity index (χ1n) is 8.17. The Kier molecular flexibility index (Phi) is 6.55. The van der Waals surface area contributed by atoms with Gasteiger partial charge in [-0.25, -0.2) is 0 Å². The number of nitriles is 1. The van der Waals surface area contributed by atoms with Crippen LogP contribution in [0.15, 0.2) is 48.5 Å². The van der Waals surface area contributed by atoms with Crippen LogP contribution in [0.4, 0.5) is 0 Å². The van der Waals surface area contributed by atoms with E-state index in [1.54, 1.807) is 36.4 Å². The number of nitrogens with one attached hydrogen (secondary N) is 1. The Bertz CT molecular complexity index is 768. The number of hydrogen-bond acceptors (Lipinski definition) is 4. The lowest BCUT2D eigenvalue weighted by atomic mass is 10.0.